The predicted molar refractivity (Wildman–Crippen MR) is 85.3 cm³/mol. The van der Waals surface area contributed by atoms with Crippen LogP contribution in [0.1, 0.15) is 16.7 Å². The van der Waals surface area contributed by atoms with Gasteiger partial charge in [0.15, 0.2) is 6.61 Å². The van der Waals surface area contributed by atoms with E-state index in [0.29, 0.717) is 5.75 Å². The molecule has 0 aliphatic carbocycles. The molecule has 0 heterocycles. The van der Waals surface area contributed by atoms with Gasteiger partial charge < -0.3 is 9.84 Å². The molecule has 2 aromatic rings. The molecule has 0 aliphatic rings. The van der Waals surface area contributed by atoms with E-state index in [-0.39, 0.29) is 18.3 Å². The Morgan fingerprint density at radius 3 is 2.64 bits per heavy atom. The molecule has 2 rings (SSSR count). The van der Waals surface area contributed by atoms with Crippen LogP contribution >= 0.6 is 0 Å². The molecule has 2 N–H and O–H groups in total. The topological polar surface area (TPSA) is 70.9 Å². The van der Waals surface area contributed by atoms with Crippen LogP contribution in [0.3, 0.4) is 0 Å². The van der Waals surface area contributed by atoms with Crippen LogP contribution < -0.4 is 10.2 Å². The smallest absolute Gasteiger partial charge is 0.277 e. The lowest BCUT2D eigenvalue weighted by atomic mass is 10.1. The Kier molecular flexibility index (Phi) is 5.14. The fourth-order valence-corrected chi connectivity index (χ4v) is 1.88. The second-order valence-corrected chi connectivity index (χ2v) is 4.94. The van der Waals surface area contributed by atoms with Crippen LogP contribution in [0.25, 0.3) is 0 Å². The summed E-state index contributed by atoms with van der Waals surface area (Å²) in [5.74, 6) is 0.529. The molecule has 0 unspecified atom stereocenters. The van der Waals surface area contributed by atoms with Gasteiger partial charge in [0.05, 0.1) is 6.21 Å². The molecular formula is C17H18N2O3. The van der Waals surface area contributed by atoms with Gasteiger partial charge in [-0.1, -0.05) is 17.7 Å². The maximum atomic E-state index is 11.6. The molecular weight excluding hydrogens is 280 g/mol. The molecule has 0 fully saturated rings. The third kappa shape index (κ3) is 4.63. The number of carbonyl (C=O) groups is 1. The standard InChI is InChI=1S/C17H18N2O3/c1-12-3-8-16(13(2)9-12)22-11-17(21)19-18-10-14-4-6-15(20)7-5-14/h3-10,20H,11H2,1-2H3,(H,19,21). The van der Waals surface area contributed by atoms with Gasteiger partial charge in [0.2, 0.25) is 0 Å². The third-order valence-corrected chi connectivity index (χ3v) is 2.99. The molecule has 0 aromatic heterocycles. The summed E-state index contributed by atoms with van der Waals surface area (Å²) < 4.78 is 5.45. The average Bonchev–Trinajstić information content (AvgIpc) is 2.48. The maximum Gasteiger partial charge on any atom is 0.277 e. The summed E-state index contributed by atoms with van der Waals surface area (Å²) in [5.41, 5.74) is 5.29. The van der Waals surface area contributed by atoms with E-state index in [1.54, 1.807) is 24.3 Å². The zero-order chi connectivity index (χ0) is 15.9. The molecule has 5 nitrogen and oxygen atoms in total. The van der Waals surface area contributed by atoms with Crippen LogP contribution in [0.4, 0.5) is 0 Å². The maximum absolute atomic E-state index is 11.6. The third-order valence-electron chi connectivity index (χ3n) is 2.99. The number of nitrogens with one attached hydrogen (secondary N) is 1. The summed E-state index contributed by atoms with van der Waals surface area (Å²) >= 11 is 0. The first-order chi connectivity index (χ1) is 10.5. The van der Waals surface area contributed by atoms with E-state index in [2.05, 4.69) is 10.5 Å². The first-order valence-corrected chi connectivity index (χ1v) is 6.85. The summed E-state index contributed by atoms with van der Waals surface area (Å²) in [6.07, 6.45) is 1.49. The van der Waals surface area contributed by atoms with Gasteiger partial charge in [0.1, 0.15) is 11.5 Å². The molecule has 0 radical (unpaired) electrons. The van der Waals surface area contributed by atoms with Crippen molar-refractivity contribution in [3.8, 4) is 11.5 Å². The quantitative estimate of drug-likeness (QED) is 0.658. The number of aromatic hydroxyl groups is 1. The average molecular weight is 298 g/mol. The minimum atomic E-state index is -0.338. The summed E-state index contributed by atoms with van der Waals surface area (Å²) in [6, 6.07) is 12.3. The van der Waals surface area contributed by atoms with Crippen molar-refractivity contribution < 1.29 is 14.6 Å². The van der Waals surface area contributed by atoms with Gasteiger partial charge in [-0.2, -0.15) is 5.10 Å². The molecule has 0 atom stereocenters. The van der Waals surface area contributed by atoms with Crippen molar-refractivity contribution in [3.63, 3.8) is 0 Å². The first-order valence-electron chi connectivity index (χ1n) is 6.85. The SMILES string of the molecule is Cc1ccc(OCC(=O)NN=Cc2ccc(O)cc2)c(C)c1. The number of ether oxygens (including phenoxy) is 1. The molecule has 0 aliphatic heterocycles. The number of carbonyl (C=O) groups excluding carboxylic acids is 1. The number of phenolic OH excluding ortho intramolecular Hbond substituents is 1. The number of hydrazone groups is 1. The Hall–Kier alpha value is -2.82. The molecule has 1 amide bonds. The van der Waals surface area contributed by atoms with E-state index in [1.807, 2.05) is 32.0 Å². The zero-order valence-corrected chi connectivity index (χ0v) is 12.5. The van der Waals surface area contributed by atoms with Gasteiger partial charge in [-0.15, -0.1) is 0 Å². The Labute approximate surface area is 129 Å². The van der Waals surface area contributed by atoms with Gasteiger partial charge in [-0.3, -0.25) is 4.79 Å². The van der Waals surface area contributed by atoms with Crippen LogP contribution in [-0.4, -0.2) is 23.8 Å². The second-order valence-electron chi connectivity index (χ2n) is 4.94. The molecule has 0 bridgehead atoms. The molecule has 114 valence electrons. The van der Waals surface area contributed by atoms with Crippen LogP contribution in [0, 0.1) is 13.8 Å². The van der Waals surface area contributed by atoms with Crippen LogP contribution in [0.15, 0.2) is 47.6 Å². The highest BCUT2D eigenvalue weighted by molar-refractivity contribution is 5.83. The van der Waals surface area contributed by atoms with Crippen LogP contribution in [0.2, 0.25) is 0 Å². The fourth-order valence-electron chi connectivity index (χ4n) is 1.88. The molecule has 0 spiro atoms. The van der Waals surface area contributed by atoms with Gasteiger partial charge >= 0.3 is 0 Å². The number of phenols is 1. The second kappa shape index (κ2) is 7.26. The normalized spacial score (nSPS) is 10.6. The highest BCUT2D eigenvalue weighted by atomic mass is 16.5. The molecule has 0 saturated carbocycles. The number of amides is 1. The van der Waals surface area contributed by atoms with E-state index in [1.165, 1.54) is 6.21 Å². The molecule has 0 saturated heterocycles. The van der Waals surface area contributed by atoms with Gasteiger partial charge in [-0.05, 0) is 55.3 Å². The van der Waals surface area contributed by atoms with Gasteiger partial charge in [0.25, 0.3) is 5.91 Å². The van der Waals surface area contributed by atoms with Crippen molar-refractivity contribution in [2.75, 3.05) is 6.61 Å². The monoisotopic (exact) mass is 298 g/mol. The number of aryl methyl sites for hydroxylation is 2. The lowest BCUT2D eigenvalue weighted by Gasteiger charge is -2.08. The fraction of sp³-hybridized carbons (Fsp3) is 0.176. The number of hydrogen-bond donors (Lipinski definition) is 2. The number of benzene rings is 2. The lowest BCUT2D eigenvalue weighted by molar-refractivity contribution is -0.123. The molecule has 2 aromatic carbocycles. The Morgan fingerprint density at radius 2 is 1.95 bits per heavy atom. The van der Waals surface area contributed by atoms with Crippen molar-refractivity contribution in [1.29, 1.82) is 0 Å². The summed E-state index contributed by atoms with van der Waals surface area (Å²) in [4.78, 5) is 11.6. The van der Waals surface area contributed by atoms with Crippen molar-refractivity contribution in [3.05, 3.63) is 59.2 Å². The minimum absolute atomic E-state index is 0.100. The zero-order valence-electron chi connectivity index (χ0n) is 12.5. The Morgan fingerprint density at radius 1 is 1.23 bits per heavy atom. The van der Waals surface area contributed by atoms with E-state index in [0.717, 1.165) is 16.7 Å². The minimum Gasteiger partial charge on any atom is -0.508 e. The number of rotatable bonds is 5. The van der Waals surface area contributed by atoms with Crippen molar-refractivity contribution >= 4 is 12.1 Å². The first kappa shape index (κ1) is 15.6. The predicted octanol–water partition coefficient (Wildman–Crippen LogP) is 2.54. The summed E-state index contributed by atoms with van der Waals surface area (Å²) in [7, 11) is 0. The van der Waals surface area contributed by atoms with E-state index in [4.69, 9.17) is 9.84 Å². The van der Waals surface area contributed by atoms with E-state index in [9.17, 15) is 4.79 Å². The van der Waals surface area contributed by atoms with E-state index >= 15 is 0 Å². The van der Waals surface area contributed by atoms with Crippen molar-refractivity contribution in [1.82, 2.24) is 5.43 Å². The summed E-state index contributed by atoms with van der Waals surface area (Å²) in [5, 5.41) is 13.0. The van der Waals surface area contributed by atoms with E-state index < -0.39 is 0 Å². The molecule has 5 heteroatoms. The molecule has 22 heavy (non-hydrogen) atoms. The van der Waals surface area contributed by atoms with Crippen molar-refractivity contribution in [2.45, 2.75) is 13.8 Å². The van der Waals surface area contributed by atoms with Gasteiger partial charge in [0, 0.05) is 0 Å². The number of hydrogen-bond acceptors (Lipinski definition) is 4. The lowest BCUT2D eigenvalue weighted by Crippen LogP contribution is -2.24. The summed E-state index contributed by atoms with van der Waals surface area (Å²) in [6.45, 7) is 3.83. The van der Waals surface area contributed by atoms with Crippen LogP contribution in [0.5, 0.6) is 11.5 Å². The van der Waals surface area contributed by atoms with Crippen molar-refractivity contribution in [2.24, 2.45) is 5.10 Å². The highest BCUT2D eigenvalue weighted by Gasteiger charge is 2.04. The van der Waals surface area contributed by atoms with Crippen LogP contribution in [-0.2, 0) is 4.79 Å². The van der Waals surface area contributed by atoms with Gasteiger partial charge in [-0.25, -0.2) is 5.43 Å². The Bertz CT molecular complexity index is 679. The highest BCUT2D eigenvalue weighted by Crippen LogP contribution is 2.18. The largest absolute Gasteiger partial charge is 0.508 e. The number of nitrogens with zero attached hydrogens (tertiary/aromatic N) is 1. The Balaban J connectivity index is 1.81.